The summed E-state index contributed by atoms with van der Waals surface area (Å²) in [6.45, 7) is 7.75. The molecule has 0 aliphatic heterocycles. The lowest BCUT2D eigenvalue weighted by atomic mass is 10.0. The minimum absolute atomic E-state index is 0.00239. The maximum atomic E-state index is 12.8. The highest BCUT2D eigenvalue weighted by atomic mass is 32.2. The molecular formula is C22H29N5O5S. The van der Waals surface area contributed by atoms with Gasteiger partial charge in [-0.3, -0.25) is 14.3 Å². The first-order chi connectivity index (χ1) is 15.5. The van der Waals surface area contributed by atoms with Gasteiger partial charge in [-0.1, -0.05) is 13.8 Å². The third kappa shape index (κ3) is 4.64. The highest BCUT2D eigenvalue weighted by molar-refractivity contribution is 7.89. The molecule has 0 spiro atoms. The van der Waals surface area contributed by atoms with Crippen LogP contribution in [0.25, 0.3) is 11.0 Å². The number of hydrogen-bond acceptors (Lipinski definition) is 6. The number of nitrogens with zero attached hydrogens (tertiary/aromatic N) is 3. The molecule has 0 saturated heterocycles. The average molecular weight is 476 g/mol. The van der Waals surface area contributed by atoms with Gasteiger partial charge in [-0.15, -0.1) is 0 Å². The van der Waals surface area contributed by atoms with E-state index in [4.69, 9.17) is 0 Å². The molecule has 0 fully saturated rings. The van der Waals surface area contributed by atoms with Crippen molar-refractivity contribution in [3.8, 4) is 5.75 Å². The number of nitrogens with one attached hydrogen (secondary N) is 2. The molecule has 11 heteroatoms. The topological polar surface area (TPSA) is 137 Å². The van der Waals surface area contributed by atoms with Gasteiger partial charge in [0, 0.05) is 37.5 Å². The van der Waals surface area contributed by atoms with Crippen molar-refractivity contribution in [3.63, 3.8) is 0 Å². The summed E-state index contributed by atoms with van der Waals surface area (Å²) in [6, 6.07) is 3.77. The Bertz CT molecular complexity index is 1370. The molecule has 0 radical (unpaired) electrons. The van der Waals surface area contributed by atoms with Crippen LogP contribution in [-0.2, 0) is 28.3 Å². The molecule has 178 valence electrons. The molecule has 0 aliphatic rings. The second kappa shape index (κ2) is 9.36. The Morgan fingerprint density at radius 3 is 2.55 bits per heavy atom. The number of aromatic nitrogens is 3. The van der Waals surface area contributed by atoms with Crippen molar-refractivity contribution in [3.05, 3.63) is 45.4 Å². The van der Waals surface area contributed by atoms with Crippen molar-refractivity contribution in [1.82, 2.24) is 19.1 Å². The molecule has 1 aromatic carbocycles. The monoisotopic (exact) mass is 475 g/mol. The van der Waals surface area contributed by atoms with Gasteiger partial charge in [0.15, 0.2) is 0 Å². The summed E-state index contributed by atoms with van der Waals surface area (Å²) in [5.41, 5.74) is 2.36. The lowest BCUT2D eigenvalue weighted by Crippen LogP contribution is -2.30. The summed E-state index contributed by atoms with van der Waals surface area (Å²) < 4.78 is 28.4. The fourth-order valence-corrected chi connectivity index (χ4v) is 5.48. The van der Waals surface area contributed by atoms with E-state index in [1.807, 2.05) is 13.8 Å². The van der Waals surface area contributed by atoms with Gasteiger partial charge >= 0.3 is 0 Å². The number of amides is 1. The van der Waals surface area contributed by atoms with E-state index in [-0.39, 0.29) is 34.7 Å². The molecule has 2 aromatic heterocycles. The highest BCUT2D eigenvalue weighted by Gasteiger charge is 2.23. The second-order valence-electron chi connectivity index (χ2n) is 7.81. The van der Waals surface area contributed by atoms with Crippen molar-refractivity contribution < 1.29 is 18.3 Å². The van der Waals surface area contributed by atoms with Crippen molar-refractivity contribution >= 4 is 32.7 Å². The molecule has 2 heterocycles. The van der Waals surface area contributed by atoms with E-state index in [9.17, 15) is 23.1 Å². The quantitative estimate of drug-likeness (QED) is 0.427. The minimum atomic E-state index is -3.75. The number of benzene rings is 1. The molecule has 3 N–H and O–H groups in total. The Morgan fingerprint density at radius 1 is 1.24 bits per heavy atom. The number of aromatic amines is 1. The molecule has 0 unspecified atom stereocenters. The molecule has 3 aromatic rings. The van der Waals surface area contributed by atoms with Crippen LogP contribution in [0, 0.1) is 13.8 Å². The number of H-pyrrole nitrogens is 1. The van der Waals surface area contributed by atoms with Crippen LogP contribution in [0.5, 0.6) is 5.75 Å². The number of phenols is 1. The first kappa shape index (κ1) is 24.5. The van der Waals surface area contributed by atoms with Gasteiger partial charge in [-0.2, -0.15) is 9.40 Å². The highest BCUT2D eigenvalue weighted by Crippen LogP contribution is 2.28. The number of rotatable bonds is 8. The number of phenolic OH excluding ortho intramolecular Hbond substituents is 1. The van der Waals surface area contributed by atoms with Gasteiger partial charge in [0.1, 0.15) is 11.4 Å². The fourth-order valence-electron chi connectivity index (χ4n) is 4.00. The number of sulfonamides is 1. The number of anilines is 1. The van der Waals surface area contributed by atoms with E-state index in [0.717, 1.165) is 16.6 Å². The van der Waals surface area contributed by atoms with Crippen LogP contribution in [0.2, 0.25) is 0 Å². The number of carbonyl (C=O) groups excluding carboxylic acids is 1. The Balaban J connectivity index is 1.81. The molecule has 0 saturated carbocycles. The Morgan fingerprint density at radius 2 is 1.91 bits per heavy atom. The zero-order chi connectivity index (χ0) is 24.5. The molecule has 33 heavy (non-hydrogen) atoms. The molecule has 0 aliphatic carbocycles. The lowest BCUT2D eigenvalue weighted by Gasteiger charge is -2.19. The number of aromatic hydroxyl groups is 1. The minimum Gasteiger partial charge on any atom is -0.506 e. The zero-order valence-electron chi connectivity index (χ0n) is 19.4. The van der Waals surface area contributed by atoms with Crippen LogP contribution in [0.1, 0.15) is 37.1 Å². The van der Waals surface area contributed by atoms with Crippen molar-refractivity contribution in [2.75, 3.05) is 18.4 Å². The SMILES string of the molecule is CCN(CC)S(=O)(=O)c1ccc(O)c(NC(=O)CCc2c(C)c3c(C)nn(C)c3[nH]c2=O)c1. The summed E-state index contributed by atoms with van der Waals surface area (Å²) in [7, 11) is -2.00. The molecule has 0 atom stereocenters. The van der Waals surface area contributed by atoms with Gasteiger partial charge in [0.2, 0.25) is 15.9 Å². The van der Waals surface area contributed by atoms with Gasteiger partial charge in [-0.05, 0) is 44.0 Å². The van der Waals surface area contributed by atoms with E-state index < -0.39 is 15.9 Å². The number of hydrogen-bond donors (Lipinski definition) is 3. The number of pyridine rings is 1. The number of fused-ring (bicyclic) bond motifs is 1. The lowest BCUT2D eigenvalue weighted by molar-refractivity contribution is -0.116. The summed E-state index contributed by atoms with van der Waals surface area (Å²) in [5, 5.41) is 17.9. The summed E-state index contributed by atoms with van der Waals surface area (Å²) in [5.74, 6) is -0.701. The van der Waals surface area contributed by atoms with Gasteiger partial charge in [-0.25, -0.2) is 8.42 Å². The number of carbonyl (C=O) groups is 1. The average Bonchev–Trinajstić information content (AvgIpc) is 3.03. The van der Waals surface area contributed by atoms with E-state index in [0.29, 0.717) is 24.3 Å². The largest absolute Gasteiger partial charge is 0.506 e. The third-order valence-corrected chi connectivity index (χ3v) is 7.79. The molecule has 3 rings (SSSR count). The van der Waals surface area contributed by atoms with E-state index in [1.165, 1.54) is 22.5 Å². The maximum Gasteiger partial charge on any atom is 0.253 e. The molecule has 10 nitrogen and oxygen atoms in total. The van der Waals surface area contributed by atoms with Crippen molar-refractivity contribution in [2.24, 2.45) is 7.05 Å². The van der Waals surface area contributed by atoms with Crippen LogP contribution in [-0.4, -0.2) is 51.6 Å². The summed E-state index contributed by atoms with van der Waals surface area (Å²) in [4.78, 5) is 28.0. The van der Waals surface area contributed by atoms with Crippen LogP contribution >= 0.6 is 0 Å². The van der Waals surface area contributed by atoms with E-state index in [1.54, 1.807) is 25.6 Å². The summed E-state index contributed by atoms with van der Waals surface area (Å²) >= 11 is 0. The Kier molecular flexibility index (Phi) is 6.94. The zero-order valence-corrected chi connectivity index (χ0v) is 20.2. The molecular weight excluding hydrogens is 446 g/mol. The predicted molar refractivity (Wildman–Crippen MR) is 126 cm³/mol. The first-order valence-electron chi connectivity index (χ1n) is 10.7. The standard InChI is InChI=1S/C22H29N5O5S/c1-6-27(7-2)33(31,32)15-8-10-18(28)17(12-15)23-19(29)11-9-16-13(3)20-14(4)25-26(5)21(20)24-22(16)30/h8,10,12,28H,6-7,9,11H2,1-5H3,(H,23,29)(H,24,30). The Labute approximate surface area is 192 Å². The van der Waals surface area contributed by atoms with E-state index >= 15 is 0 Å². The molecule has 1 amide bonds. The normalized spacial score (nSPS) is 11.9. The predicted octanol–water partition coefficient (Wildman–Crippen LogP) is 2.19. The van der Waals surface area contributed by atoms with Crippen molar-refractivity contribution in [1.29, 1.82) is 0 Å². The van der Waals surface area contributed by atoms with Crippen LogP contribution in [0.3, 0.4) is 0 Å². The fraction of sp³-hybridized carbons (Fsp3) is 0.409. The van der Waals surface area contributed by atoms with Gasteiger partial charge < -0.3 is 15.4 Å². The molecule has 0 bridgehead atoms. The van der Waals surface area contributed by atoms with Crippen LogP contribution < -0.4 is 10.9 Å². The van der Waals surface area contributed by atoms with Gasteiger partial charge in [0.25, 0.3) is 5.56 Å². The van der Waals surface area contributed by atoms with E-state index in [2.05, 4.69) is 15.4 Å². The van der Waals surface area contributed by atoms with Crippen LogP contribution in [0.15, 0.2) is 27.9 Å². The van der Waals surface area contributed by atoms with Crippen molar-refractivity contribution in [2.45, 2.75) is 45.4 Å². The maximum absolute atomic E-state index is 12.8. The first-order valence-corrected chi connectivity index (χ1v) is 12.1. The smallest absolute Gasteiger partial charge is 0.253 e. The second-order valence-corrected chi connectivity index (χ2v) is 9.74. The summed E-state index contributed by atoms with van der Waals surface area (Å²) in [6.07, 6.45) is 0.149. The van der Waals surface area contributed by atoms with Crippen LogP contribution in [0.4, 0.5) is 5.69 Å². The third-order valence-electron chi connectivity index (χ3n) is 5.74. The Hall–Kier alpha value is -3.18. The van der Waals surface area contributed by atoms with Gasteiger partial charge in [0.05, 0.1) is 16.3 Å². The number of aryl methyl sites for hydroxylation is 3.